The van der Waals surface area contributed by atoms with Crippen LogP contribution in [0.25, 0.3) is 10.9 Å². The van der Waals surface area contributed by atoms with Crippen LogP contribution >= 0.6 is 0 Å². The lowest BCUT2D eigenvalue weighted by Gasteiger charge is -2.12. The van der Waals surface area contributed by atoms with Crippen LogP contribution < -0.4 is 5.73 Å². The molecule has 0 aliphatic heterocycles. The molecular formula is C17H24N2O2. The molecule has 0 saturated heterocycles. The van der Waals surface area contributed by atoms with Gasteiger partial charge in [0, 0.05) is 29.6 Å². The number of rotatable bonds is 6. The van der Waals surface area contributed by atoms with Crippen LogP contribution in [0.2, 0.25) is 0 Å². The number of benzene rings is 1. The molecule has 4 nitrogen and oxygen atoms in total. The van der Waals surface area contributed by atoms with Crippen molar-refractivity contribution >= 4 is 16.9 Å². The molecule has 114 valence electrons. The molecule has 2 N–H and O–H groups in total. The number of hydrogen-bond acceptors (Lipinski definition) is 3. The normalized spacial score (nSPS) is 14.1. The average molecular weight is 288 g/mol. The van der Waals surface area contributed by atoms with Crippen LogP contribution in [0.4, 0.5) is 0 Å². The Balaban J connectivity index is 2.34. The number of aromatic nitrogens is 1. The maximum Gasteiger partial charge on any atom is 0.323 e. The largest absolute Gasteiger partial charge is 0.465 e. The van der Waals surface area contributed by atoms with Crippen molar-refractivity contribution in [2.24, 2.45) is 5.73 Å². The van der Waals surface area contributed by atoms with E-state index in [-0.39, 0.29) is 5.97 Å². The lowest BCUT2D eigenvalue weighted by atomic mass is 10.1. The molecule has 0 aliphatic carbocycles. The maximum atomic E-state index is 11.7. The minimum atomic E-state index is -0.610. The smallest absolute Gasteiger partial charge is 0.323 e. The zero-order valence-corrected chi connectivity index (χ0v) is 13.0. The van der Waals surface area contributed by atoms with E-state index in [1.165, 1.54) is 5.52 Å². The van der Waals surface area contributed by atoms with Crippen LogP contribution in [0, 0.1) is 0 Å². The molecule has 0 amide bonds. The predicted molar refractivity (Wildman–Crippen MR) is 85.3 cm³/mol. The number of nitrogens with zero attached hydrogens (tertiary/aromatic N) is 1. The third-order valence-electron chi connectivity index (χ3n) is 3.92. The van der Waals surface area contributed by atoms with Crippen LogP contribution in [0.5, 0.6) is 0 Å². The Hall–Kier alpha value is -1.81. The van der Waals surface area contributed by atoms with Crippen molar-refractivity contribution in [3.05, 3.63) is 36.0 Å². The number of ether oxygens (including phenoxy) is 1. The monoisotopic (exact) mass is 288 g/mol. The highest BCUT2D eigenvalue weighted by atomic mass is 16.5. The number of carbonyl (C=O) groups excluding carboxylic acids is 1. The van der Waals surface area contributed by atoms with E-state index >= 15 is 0 Å². The van der Waals surface area contributed by atoms with Crippen LogP contribution in [0.3, 0.4) is 0 Å². The van der Waals surface area contributed by atoms with Crippen molar-refractivity contribution in [1.29, 1.82) is 0 Å². The Labute approximate surface area is 125 Å². The number of para-hydroxylation sites is 1. The molecule has 4 heteroatoms. The number of carbonyl (C=O) groups is 1. The summed E-state index contributed by atoms with van der Waals surface area (Å²) in [5.41, 5.74) is 8.26. The molecule has 2 unspecified atom stereocenters. The number of fused-ring (bicyclic) bond motifs is 1. The molecule has 0 fully saturated rings. The van der Waals surface area contributed by atoms with Crippen LogP contribution in [0.1, 0.15) is 38.8 Å². The standard InChI is InChI=1S/C17H24N2O2/c1-4-12(3)19-11-13(10-15(18)17(20)21-5-2)14-8-6-7-9-16(14)19/h6-9,11-12,15H,4-5,10,18H2,1-3H3. The van der Waals surface area contributed by atoms with Crippen molar-refractivity contribution in [3.63, 3.8) is 0 Å². The molecule has 2 aromatic rings. The van der Waals surface area contributed by atoms with Gasteiger partial charge >= 0.3 is 5.97 Å². The molecule has 0 saturated carbocycles. The summed E-state index contributed by atoms with van der Waals surface area (Å²) < 4.78 is 7.26. The second-order valence-corrected chi connectivity index (χ2v) is 5.40. The molecule has 0 spiro atoms. The molecule has 1 aromatic heterocycles. The number of esters is 1. The molecule has 1 aromatic carbocycles. The SMILES string of the molecule is CCOC(=O)C(N)Cc1cn(C(C)CC)c2ccccc12. The Bertz CT molecular complexity index is 618. The summed E-state index contributed by atoms with van der Waals surface area (Å²) in [6.07, 6.45) is 3.68. The molecule has 0 bridgehead atoms. The van der Waals surface area contributed by atoms with Crippen molar-refractivity contribution in [2.45, 2.75) is 45.7 Å². The third-order valence-corrected chi connectivity index (χ3v) is 3.92. The third kappa shape index (κ3) is 3.27. The topological polar surface area (TPSA) is 57.2 Å². The van der Waals surface area contributed by atoms with Crippen molar-refractivity contribution in [1.82, 2.24) is 4.57 Å². The van der Waals surface area contributed by atoms with E-state index in [4.69, 9.17) is 10.5 Å². The van der Waals surface area contributed by atoms with Gasteiger partial charge in [-0.05, 0) is 31.9 Å². The fourth-order valence-corrected chi connectivity index (χ4v) is 2.57. The summed E-state index contributed by atoms with van der Waals surface area (Å²) in [6, 6.07) is 8.06. The fraction of sp³-hybridized carbons (Fsp3) is 0.471. The lowest BCUT2D eigenvalue weighted by Crippen LogP contribution is -2.34. The van der Waals surface area contributed by atoms with Crippen LogP contribution in [-0.4, -0.2) is 23.2 Å². The molecule has 0 aliphatic rings. The quantitative estimate of drug-likeness (QED) is 0.831. The minimum absolute atomic E-state index is 0.335. The van der Waals surface area contributed by atoms with E-state index in [2.05, 4.69) is 36.7 Å². The first-order chi connectivity index (χ1) is 10.1. The fourth-order valence-electron chi connectivity index (χ4n) is 2.57. The predicted octanol–water partition coefficient (Wildman–Crippen LogP) is 3.05. The van der Waals surface area contributed by atoms with E-state index in [1.807, 2.05) is 12.1 Å². The first-order valence-electron chi connectivity index (χ1n) is 7.59. The van der Waals surface area contributed by atoms with Gasteiger partial charge in [-0.15, -0.1) is 0 Å². The van der Waals surface area contributed by atoms with Crippen LogP contribution in [-0.2, 0) is 16.0 Å². The summed E-state index contributed by atoms with van der Waals surface area (Å²) in [5.74, 6) is -0.335. The van der Waals surface area contributed by atoms with E-state index in [9.17, 15) is 4.79 Å². The molecule has 21 heavy (non-hydrogen) atoms. The van der Waals surface area contributed by atoms with Gasteiger partial charge in [0.1, 0.15) is 6.04 Å². The van der Waals surface area contributed by atoms with Crippen molar-refractivity contribution in [3.8, 4) is 0 Å². The van der Waals surface area contributed by atoms with Crippen molar-refractivity contribution < 1.29 is 9.53 Å². The van der Waals surface area contributed by atoms with Crippen molar-refractivity contribution in [2.75, 3.05) is 6.61 Å². The van der Waals surface area contributed by atoms with Gasteiger partial charge in [0.15, 0.2) is 0 Å². The second kappa shape index (κ2) is 6.76. The van der Waals surface area contributed by atoms with Gasteiger partial charge in [0.25, 0.3) is 0 Å². The maximum absolute atomic E-state index is 11.7. The van der Waals surface area contributed by atoms with Gasteiger partial charge in [0.2, 0.25) is 0 Å². The van der Waals surface area contributed by atoms with Gasteiger partial charge in [-0.2, -0.15) is 0 Å². The summed E-state index contributed by atoms with van der Waals surface area (Å²) in [5, 5.41) is 1.16. The zero-order valence-electron chi connectivity index (χ0n) is 13.0. The summed E-state index contributed by atoms with van der Waals surface area (Å²) in [7, 11) is 0. The highest BCUT2D eigenvalue weighted by molar-refractivity contribution is 5.85. The first kappa shape index (κ1) is 15.6. The first-order valence-corrected chi connectivity index (χ1v) is 7.59. The van der Waals surface area contributed by atoms with Gasteiger partial charge in [0.05, 0.1) is 6.61 Å². The van der Waals surface area contributed by atoms with Gasteiger partial charge < -0.3 is 15.0 Å². The summed E-state index contributed by atoms with van der Waals surface area (Å²) >= 11 is 0. The highest BCUT2D eigenvalue weighted by Crippen LogP contribution is 2.26. The summed E-state index contributed by atoms with van der Waals surface area (Å²) in [6.45, 7) is 6.52. The Morgan fingerprint density at radius 1 is 1.33 bits per heavy atom. The van der Waals surface area contributed by atoms with Gasteiger partial charge in [-0.1, -0.05) is 25.1 Å². The van der Waals surface area contributed by atoms with E-state index in [1.54, 1.807) is 6.92 Å². The zero-order chi connectivity index (χ0) is 15.4. The van der Waals surface area contributed by atoms with Crippen LogP contribution in [0.15, 0.2) is 30.5 Å². The molecule has 0 radical (unpaired) electrons. The van der Waals surface area contributed by atoms with E-state index in [0.717, 1.165) is 17.4 Å². The molecule has 1 heterocycles. The lowest BCUT2D eigenvalue weighted by molar-refractivity contribution is -0.144. The molecule has 2 atom stereocenters. The van der Waals surface area contributed by atoms with E-state index < -0.39 is 6.04 Å². The second-order valence-electron chi connectivity index (χ2n) is 5.40. The minimum Gasteiger partial charge on any atom is -0.465 e. The van der Waals surface area contributed by atoms with Gasteiger partial charge in [-0.3, -0.25) is 4.79 Å². The van der Waals surface area contributed by atoms with E-state index in [0.29, 0.717) is 19.1 Å². The van der Waals surface area contributed by atoms with Gasteiger partial charge in [-0.25, -0.2) is 0 Å². The number of nitrogens with two attached hydrogens (primary N) is 1. The Kier molecular flexibility index (Phi) is 5.02. The molecular weight excluding hydrogens is 264 g/mol. The molecule has 2 rings (SSSR count). The number of hydrogen-bond donors (Lipinski definition) is 1. The Morgan fingerprint density at radius 3 is 2.71 bits per heavy atom. The Morgan fingerprint density at radius 2 is 2.05 bits per heavy atom. The highest BCUT2D eigenvalue weighted by Gasteiger charge is 2.19. The average Bonchev–Trinajstić information content (AvgIpc) is 2.85. The summed E-state index contributed by atoms with van der Waals surface area (Å²) in [4.78, 5) is 11.7.